The Morgan fingerprint density at radius 1 is 0.946 bits per heavy atom. The first-order chi connectivity index (χ1) is 17.9. The number of aromatic carboxylic acids is 1. The van der Waals surface area contributed by atoms with Crippen LogP contribution < -0.4 is 15.4 Å². The van der Waals surface area contributed by atoms with Crippen molar-refractivity contribution in [1.29, 1.82) is 0 Å². The van der Waals surface area contributed by atoms with E-state index in [1.807, 2.05) is 36.4 Å². The first kappa shape index (κ1) is 26.2. The lowest BCUT2D eigenvalue weighted by molar-refractivity contribution is 0.0696. The van der Waals surface area contributed by atoms with Crippen molar-refractivity contribution in [1.82, 2.24) is 15.3 Å². The zero-order valence-electron chi connectivity index (χ0n) is 21.2. The Morgan fingerprint density at radius 3 is 2.41 bits per heavy atom. The van der Waals surface area contributed by atoms with E-state index in [0.717, 1.165) is 40.4 Å². The Hall–Kier alpha value is -3.88. The van der Waals surface area contributed by atoms with E-state index in [1.54, 1.807) is 18.2 Å². The third kappa shape index (κ3) is 7.31. The average molecular weight is 514 g/mol. The summed E-state index contributed by atoms with van der Waals surface area (Å²) < 4.78 is 3.20. The molecule has 8 heteroatoms. The number of nitrogens with zero attached hydrogens (tertiary/aromatic N) is 2. The van der Waals surface area contributed by atoms with E-state index in [2.05, 4.69) is 60.4 Å². The molecule has 37 heavy (non-hydrogen) atoms. The summed E-state index contributed by atoms with van der Waals surface area (Å²) >= 11 is 1.28. The van der Waals surface area contributed by atoms with Gasteiger partial charge in [0.1, 0.15) is 5.82 Å². The topological polar surface area (TPSA) is 99.2 Å². The molecule has 0 aliphatic carbocycles. The second-order valence-corrected chi connectivity index (χ2v) is 9.81. The monoisotopic (exact) mass is 513 g/mol. The van der Waals surface area contributed by atoms with E-state index in [0.29, 0.717) is 11.8 Å². The van der Waals surface area contributed by atoms with Gasteiger partial charge < -0.3 is 15.7 Å². The number of carboxylic acids is 1. The lowest BCUT2D eigenvalue weighted by Crippen LogP contribution is -2.30. The van der Waals surface area contributed by atoms with Gasteiger partial charge in [-0.25, -0.2) is 9.78 Å². The van der Waals surface area contributed by atoms with Gasteiger partial charge in [0.05, 0.1) is 11.3 Å². The first-order valence-corrected chi connectivity index (χ1v) is 12.9. The van der Waals surface area contributed by atoms with Gasteiger partial charge in [-0.05, 0) is 67.6 Å². The minimum atomic E-state index is -0.961. The van der Waals surface area contributed by atoms with Crippen LogP contribution in [0.5, 0.6) is 0 Å². The molecule has 0 saturated carbocycles. The fourth-order valence-electron chi connectivity index (χ4n) is 4.04. The third-order valence-corrected chi connectivity index (χ3v) is 6.60. The molecule has 3 aromatic carbocycles. The average Bonchev–Trinajstić information content (AvgIpc) is 2.88. The first-order valence-electron chi connectivity index (χ1n) is 12.1. The number of hydrogen-bond donors (Lipinski definition) is 4. The van der Waals surface area contributed by atoms with Crippen molar-refractivity contribution >= 4 is 29.7 Å². The normalized spacial score (nSPS) is 11.6. The van der Waals surface area contributed by atoms with Crippen LogP contribution in [0.2, 0.25) is 0 Å². The summed E-state index contributed by atoms with van der Waals surface area (Å²) in [6, 6.07) is 25.4. The minimum absolute atomic E-state index is 0.122. The number of aryl methyl sites for hydroxylation is 2. The number of anilines is 2. The summed E-state index contributed by atoms with van der Waals surface area (Å²) in [5.41, 5.74) is 5.63. The van der Waals surface area contributed by atoms with Gasteiger partial charge >= 0.3 is 5.97 Å². The fraction of sp³-hybridized carbons (Fsp3) is 0.207. The van der Waals surface area contributed by atoms with Crippen molar-refractivity contribution in [3.63, 3.8) is 0 Å². The van der Waals surface area contributed by atoms with Crippen molar-refractivity contribution in [2.45, 2.75) is 38.3 Å². The van der Waals surface area contributed by atoms with E-state index >= 15 is 0 Å². The largest absolute Gasteiger partial charge is 0.478 e. The molecule has 7 nitrogen and oxygen atoms in total. The number of carboxylic acid groups (broad SMARTS) is 1. The molecule has 0 saturated heterocycles. The Morgan fingerprint density at radius 2 is 1.68 bits per heavy atom. The maximum Gasteiger partial charge on any atom is 0.335 e. The summed E-state index contributed by atoms with van der Waals surface area (Å²) in [5, 5.41) is 16.3. The Labute approximate surface area is 221 Å². The van der Waals surface area contributed by atoms with Crippen LogP contribution in [0.3, 0.4) is 0 Å². The van der Waals surface area contributed by atoms with Gasteiger partial charge in [-0.3, -0.25) is 4.72 Å². The van der Waals surface area contributed by atoms with E-state index in [4.69, 9.17) is 9.97 Å². The van der Waals surface area contributed by atoms with Crippen molar-refractivity contribution in [2.75, 3.05) is 16.6 Å². The molecule has 0 bridgehead atoms. The second kappa shape index (κ2) is 12.4. The number of hydrogen-bond acceptors (Lipinski definition) is 7. The predicted octanol–water partition coefficient (Wildman–Crippen LogP) is 6.17. The smallest absolute Gasteiger partial charge is 0.335 e. The van der Waals surface area contributed by atoms with Gasteiger partial charge in [-0.2, -0.15) is 4.98 Å². The van der Waals surface area contributed by atoms with Gasteiger partial charge in [0.15, 0.2) is 0 Å². The standard InChI is InChI=1S/C29H31N5O2S/c1-19-9-7-10-20(2)27(19)25-16-26(31-21(3)17-30-18-22-11-5-4-6-12-22)33-29(32-25)34-37-24-14-8-13-23(15-24)28(35)36/h4-16,21,30H,17-18H2,1-3H3,(H,35,36)(H2,31,32,33,34)/t21-/m1/s1. The lowest BCUT2D eigenvalue weighted by Gasteiger charge is -2.18. The maximum absolute atomic E-state index is 11.3. The SMILES string of the molecule is Cc1cccc(C)c1-c1cc(N[C@H](C)CNCc2ccccc2)nc(NSc2cccc(C(=O)O)c2)n1. The molecule has 0 spiro atoms. The number of benzene rings is 3. The Bertz CT molecular complexity index is 1340. The van der Waals surface area contributed by atoms with E-state index in [1.165, 1.54) is 17.5 Å². The zero-order valence-corrected chi connectivity index (χ0v) is 22.0. The minimum Gasteiger partial charge on any atom is -0.478 e. The molecular formula is C29H31N5O2S. The second-order valence-electron chi connectivity index (χ2n) is 8.93. The summed E-state index contributed by atoms with van der Waals surface area (Å²) in [5.74, 6) is 0.193. The quantitative estimate of drug-likeness (QED) is 0.177. The molecule has 4 aromatic rings. The van der Waals surface area contributed by atoms with E-state index in [-0.39, 0.29) is 11.6 Å². The van der Waals surface area contributed by atoms with Crippen molar-refractivity contribution < 1.29 is 9.90 Å². The van der Waals surface area contributed by atoms with Crippen molar-refractivity contribution in [2.24, 2.45) is 0 Å². The molecule has 1 atom stereocenters. The fourth-order valence-corrected chi connectivity index (χ4v) is 4.68. The lowest BCUT2D eigenvalue weighted by atomic mass is 10.00. The molecule has 1 aromatic heterocycles. The van der Waals surface area contributed by atoms with Crippen LogP contribution in [0.4, 0.5) is 11.8 Å². The van der Waals surface area contributed by atoms with Gasteiger partial charge in [0.25, 0.3) is 0 Å². The molecular weight excluding hydrogens is 482 g/mol. The molecule has 1 heterocycles. The summed E-state index contributed by atoms with van der Waals surface area (Å²) in [7, 11) is 0. The number of rotatable bonds is 11. The Kier molecular flexibility index (Phi) is 8.77. The highest BCUT2D eigenvalue weighted by atomic mass is 32.2. The highest BCUT2D eigenvalue weighted by Gasteiger charge is 2.13. The summed E-state index contributed by atoms with van der Waals surface area (Å²) in [6.07, 6.45) is 0. The molecule has 0 aliphatic rings. The summed E-state index contributed by atoms with van der Waals surface area (Å²) in [6.45, 7) is 7.82. The number of aromatic nitrogens is 2. The zero-order chi connectivity index (χ0) is 26.2. The Balaban J connectivity index is 1.53. The van der Waals surface area contributed by atoms with Gasteiger partial charge in [0, 0.05) is 35.7 Å². The van der Waals surface area contributed by atoms with Crippen LogP contribution in [-0.4, -0.2) is 33.6 Å². The van der Waals surface area contributed by atoms with Crippen LogP contribution in [0.15, 0.2) is 83.8 Å². The third-order valence-electron chi connectivity index (χ3n) is 5.82. The molecule has 4 N–H and O–H groups in total. The molecule has 0 amide bonds. The van der Waals surface area contributed by atoms with Crippen LogP contribution in [0.1, 0.15) is 34.0 Å². The van der Waals surface area contributed by atoms with Gasteiger partial charge in [-0.15, -0.1) is 0 Å². The predicted molar refractivity (Wildman–Crippen MR) is 151 cm³/mol. The van der Waals surface area contributed by atoms with Crippen molar-refractivity contribution in [3.8, 4) is 11.3 Å². The number of nitrogens with one attached hydrogen (secondary N) is 3. The van der Waals surface area contributed by atoms with E-state index < -0.39 is 5.97 Å². The van der Waals surface area contributed by atoms with E-state index in [9.17, 15) is 9.90 Å². The molecule has 190 valence electrons. The summed E-state index contributed by atoms with van der Waals surface area (Å²) in [4.78, 5) is 21.6. The van der Waals surface area contributed by atoms with Crippen LogP contribution in [0, 0.1) is 13.8 Å². The van der Waals surface area contributed by atoms with Gasteiger partial charge in [-0.1, -0.05) is 54.6 Å². The maximum atomic E-state index is 11.3. The van der Waals surface area contributed by atoms with Crippen LogP contribution in [-0.2, 0) is 6.54 Å². The van der Waals surface area contributed by atoms with Crippen molar-refractivity contribution in [3.05, 3.63) is 101 Å². The highest BCUT2D eigenvalue weighted by molar-refractivity contribution is 8.00. The molecule has 0 unspecified atom stereocenters. The molecule has 0 aliphatic heterocycles. The molecule has 4 rings (SSSR count). The molecule has 0 fully saturated rings. The van der Waals surface area contributed by atoms with Crippen LogP contribution >= 0.6 is 11.9 Å². The molecule has 0 radical (unpaired) electrons. The van der Waals surface area contributed by atoms with Crippen LogP contribution in [0.25, 0.3) is 11.3 Å². The number of carbonyl (C=O) groups is 1. The highest BCUT2D eigenvalue weighted by Crippen LogP contribution is 2.29. The van der Waals surface area contributed by atoms with Gasteiger partial charge in [0.2, 0.25) is 5.95 Å².